The van der Waals surface area contributed by atoms with Gasteiger partial charge in [0.1, 0.15) is 11.9 Å². The molecule has 0 fully saturated rings. The number of aliphatic hydroxyl groups excluding tert-OH is 1. The number of hydrogen-bond donors (Lipinski definition) is 3. The topological polar surface area (TPSA) is 86.2 Å². The highest BCUT2D eigenvalue weighted by atomic mass is 16.4. The highest BCUT2D eigenvalue weighted by molar-refractivity contribution is 5.67. The first-order valence-corrected chi connectivity index (χ1v) is 3.09. The maximum absolute atomic E-state index is 10.1. The zero-order chi connectivity index (χ0) is 8.27. The van der Waals surface area contributed by atoms with E-state index in [0.717, 1.165) is 0 Å². The zero-order valence-corrected chi connectivity index (χ0v) is 5.69. The van der Waals surface area contributed by atoms with Gasteiger partial charge in [0.05, 0.1) is 6.42 Å². The van der Waals surface area contributed by atoms with Crippen LogP contribution in [0, 0.1) is 0 Å². The number of nitrogens with zero attached hydrogens (tertiary/aromatic N) is 1. The lowest BCUT2D eigenvalue weighted by Crippen LogP contribution is -2.06. The molecule has 0 saturated heterocycles. The number of aromatic nitrogens is 2. The van der Waals surface area contributed by atoms with Crippen molar-refractivity contribution in [2.24, 2.45) is 0 Å². The lowest BCUT2D eigenvalue weighted by molar-refractivity contribution is -0.139. The van der Waals surface area contributed by atoms with Crippen molar-refractivity contribution in [3.05, 3.63) is 18.2 Å². The van der Waals surface area contributed by atoms with Crippen LogP contribution < -0.4 is 0 Å². The fourth-order valence-electron chi connectivity index (χ4n) is 0.722. The Kier molecular flexibility index (Phi) is 2.22. The normalized spacial score (nSPS) is 12.8. The summed E-state index contributed by atoms with van der Waals surface area (Å²) in [7, 11) is 0. The summed E-state index contributed by atoms with van der Waals surface area (Å²) in [5.74, 6) is -0.763. The molecule has 0 bridgehead atoms. The minimum Gasteiger partial charge on any atom is -0.481 e. The van der Waals surface area contributed by atoms with Crippen LogP contribution >= 0.6 is 0 Å². The van der Waals surface area contributed by atoms with Crippen LogP contribution in [0.5, 0.6) is 0 Å². The van der Waals surface area contributed by atoms with Crippen molar-refractivity contribution in [1.29, 1.82) is 0 Å². The van der Waals surface area contributed by atoms with Crippen molar-refractivity contribution in [2.75, 3.05) is 0 Å². The van der Waals surface area contributed by atoms with Gasteiger partial charge in [0.2, 0.25) is 0 Å². The van der Waals surface area contributed by atoms with Crippen LogP contribution in [0.3, 0.4) is 0 Å². The molecule has 0 saturated carbocycles. The molecule has 0 aliphatic carbocycles. The predicted octanol–water partition coefficient (Wildman–Crippen LogP) is -0.0822. The first kappa shape index (κ1) is 7.74. The highest BCUT2D eigenvalue weighted by Crippen LogP contribution is 2.10. The van der Waals surface area contributed by atoms with Gasteiger partial charge in [0, 0.05) is 12.4 Å². The summed E-state index contributed by atoms with van der Waals surface area (Å²) in [6, 6.07) is 0. The van der Waals surface area contributed by atoms with E-state index in [2.05, 4.69) is 9.97 Å². The predicted molar refractivity (Wildman–Crippen MR) is 35.8 cm³/mol. The number of carbonyl (C=O) groups is 1. The summed E-state index contributed by atoms with van der Waals surface area (Å²) in [6.07, 6.45) is 1.62. The van der Waals surface area contributed by atoms with Crippen LogP contribution in [-0.2, 0) is 4.79 Å². The monoisotopic (exact) mass is 156 g/mol. The van der Waals surface area contributed by atoms with Gasteiger partial charge in [-0.25, -0.2) is 4.98 Å². The smallest absolute Gasteiger partial charge is 0.306 e. The van der Waals surface area contributed by atoms with E-state index in [1.165, 1.54) is 12.4 Å². The van der Waals surface area contributed by atoms with Crippen LogP contribution in [-0.4, -0.2) is 26.2 Å². The average Bonchev–Trinajstić information content (AvgIpc) is 2.35. The molecule has 1 atom stereocenters. The van der Waals surface area contributed by atoms with Crippen molar-refractivity contribution in [3.8, 4) is 0 Å². The van der Waals surface area contributed by atoms with Crippen LogP contribution in [0.25, 0.3) is 0 Å². The van der Waals surface area contributed by atoms with Gasteiger partial charge in [0.25, 0.3) is 0 Å². The number of aromatic amines is 1. The molecule has 1 aromatic heterocycles. The Balaban J connectivity index is 2.56. The van der Waals surface area contributed by atoms with Gasteiger partial charge in [-0.3, -0.25) is 4.79 Å². The van der Waals surface area contributed by atoms with Crippen molar-refractivity contribution in [1.82, 2.24) is 9.97 Å². The van der Waals surface area contributed by atoms with Crippen LogP contribution in [0.1, 0.15) is 18.3 Å². The molecule has 11 heavy (non-hydrogen) atoms. The van der Waals surface area contributed by atoms with Crippen LogP contribution in [0.4, 0.5) is 0 Å². The van der Waals surface area contributed by atoms with E-state index >= 15 is 0 Å². The molecule has 0 spiro atoms. The quantitative estimate of drug-likeness (QED) is 0.571. The van der Waals surface area contributed by atoms with Gasteiger partial charge < -0.3 is 15.2 Å². The molecule has 5 heteroatoms. The fourth-order valence-corrected chi connectivity index (χ4v) is 0.722. The Labute approximate surface area is 62.7 Å². The van der Waals surface area contributed by atoms with Crippen molar-refractivity contribution >= 4 is 5.97 Å². The number of carboxylic acid groups (broad SMARTS) is 1. The molecule has 0 unspecified atom stereocenters. The number of carboxylic acids is 1. The number of H-pyrrole nitrogens is 1. The third-order valence-electron chi connectivity index (χ3n) is 1.20. The Morgan fingerprint density at radius 3 is 3.00 bits per heavy atom. The fraction of sp³-hybridized carbons (Fsp3) is 0.333. The van der Waals surface area contributed by atoms with E-state index in [0.29, 0.717) is 0 Å². The lowest BCUT2D eigenvalue weighted by Gasteiger charge is -2.01. The minimum absolute atomic E-state index is 0.285. The molecule has 0 aliphatic rings. The second-order valence-electron chi connectivity index (χ2n) is 2.09. The van der Waals surface area contributed by atoms with E-state index in [9.17, 15) is 4.79 Å². The lowest BCUT2D eigenvalue weighted by atomic mass is 10.2. The van der Waals surface area contributed by atoms with E-state index in [1.54, 1.807) is 0 Å². The van der Waals surface area contributed by atoms with Gasteiger partial charge in [-0.1, -0.05) is 0 Å². The summed E-state index contributed by atoms with van der Waals surface area (Å²) in [5.41, 5.74) is 0. The largest absolute Gasteiger partial charge is 0.481 e. The molecule has 0 amide bonds. The number of rotatable bonds is 3. The molecular formula is C6H8N2O3. The Morgan fingerprint density at radius 2 is 2.55 bits per heavy atom. The summed E-state index contributed by atoms with van der Waals surface area (Å²) in [4.78, 5) is 16.4. The second-order valence-corrected chi connectivity index (χ2v) is 2.09. The minimum atomic E-state index is -1.05. The maximum atomic E-state index is 10.1. The van der Waals surface area contributed by atoms with E-state index in [-0.39, 0.29) is 12.2 Å². The summed E-state index contributed by atoms with van der Waals surface area (Å²) in [5, 5.41) is 17.4. The molecule has 0 aromatic carbocycles. The number of nitrogens with one attached hydrogen (secondary N) is 1. The molecule has 5 nitrogen and oxygen atoms in total. The first-order chi connectivity index (χ1) is 5.20. The van der Waals surface area contributed by atoms with Gasteiger partial charge >= 0.3 is 5.97 Å². The second kappa shape index (κ2) is 3.16. The summed E-state index contributed by atoms with van der Waals surface area (Å²) in [6.45, 7) is 0. The number of hydrogen-bond acceptors (Lipinski definition) is 3. The standard InChI is InChI=1S/C6H8N2O3/c9-4(3-5(10)11)6-7-1-2-8-6/h1-2,4,9H,3H2,(H,7,8)(H,10,11)/t4-/m0/s1. The third-order valence-corrected chi connectivity index (χ3v) is 1.20. The maximum Gasteiger partial charge on any atom is 0.306 e. The van der Waals surface area contributed by atoms with Gasteiger partial charge in [0.15, 0.2) is 0 Å². The summed E-state index contributed by atoms with van der Waals surface area (Å²) >= 11 is 0. The molecular weight excluding hydrogens is 148 g/mol. The first-order valence-electron chi connectivity index (χ1n) is 3.09. The Morgan fingerprint density at radius 1 is 1.82 bits per heavy atom. The molecule has 0 aliphatic heterocycles. The van der Waals surface area contributed by atoms with E-state index < -0.39 is 12.1 Å². The highest BCUT2D eigenvalue weighted by Gasteiger charge is 2.13. The number of imidazole rings is 1. The molecule has 3 N–H and O–H groups in total. The van der Waals surface area contributed by atoms with Crippen LogP contribution in [0.15, 0.2) is 12.4 Å². The van der Waals surface area contributed by atoms with E-state index in [1.807, 2.05) is 0 Å². The average molecular weight is 156 g/mol. The van der Waals surface area contributed by atoms with Gasteiger partial charge in [-0.05, 0) is 0 Å². The SMILES string of the molecule is O=C(O)C[C@H](O)c1ncc[nH]1. The number of aliphatic carboxylic acids is 1. The van der Waals surface area contributed by atoms with Crippen molar-refractivity contribution in [2.45, 2.75) is 12.5 Å². The van der Waals surface area contributed by atoms with E-state index in [4.69, 9.17) is 10.2 Å². The third kappa shape index (κ3) is 2.05. The molecule has 1 heterocycles. The Bertz CT molecular complexity index is 232. The molecule has 0 radical (unpaired) electrons. The number of aliphatic hydroxyl groups is 1. The molecule has 60 valence electrons. The molecule has 1 rings (SSSR count). The van der Waals surface area contributed by atoms with Gasteiger partial charge in [-0.15, -0.1) is 0 Å². The summed E-state index contributed by atoms with van der Waals surface area (Å²) < 4.78 is 0. The van der Waals surface area contributed by atoms with Crippen molar-refractivity contribution in [3.63, 3.8) is 0 Å². The van der Waals surface area contributed by atoms with Crippen molar-refractivity contribution < 1.29 is 15.0 Å². The zero-order valence-electron chi connectivity index (χ0n) is 5.69. The van der Waals surface area contributed by atoms with Gasteiger partial charge in [-0.2, -0.15) is 0 Å². The Hall–Kier alpha value is -1.36. The van der Waals surface area contributed by atoms with Crippen LogP contribution in [0.2, 0.25) is 0 Å². The molecule has 1 aromatic rings.